The molecule has 0 saturated carbocycles. The lowest BCUT2D eigenvalue weighted by Crippen LogP contribution is -2.28. The van der Waals surface area contributed by atoms with E-state index in [-0.39, 0.29) is 5.91 Å². The minimum absolute atomic E-state index is 0.0768. The lowest BCUT2D eigenvalue weighted by atomic mass is 10.1. The van der Waals surface area contributed by atoms with E-state index >= 15 is 0 Å². The number of benzene rings is 2. The highest BCUT2D eigenvalue weighted by Crippen LogP contribution is 2.23. The van der Waals surface area contributed by atoms with Crippen LogP contribution in [0.3, 0.4) is 0 Å². The number of carbonyl (C=O) groups excluding carboxylic acids is 1. The first-order valence-electron chi connectivity index (χ1n) is 6.84. The summed E-state index contributed by atoms with van der Waals surface area (Å²) in [5.41, 5.74) is 1.68. The molecule has 116 valence electrons. The third-order valence-electron chi connectivity index (χ3n) is 3.41. The van der Waals surface area contributed by atoms with Gasteiger partial charge in [-0.25, -0.2) is 0 Å². The number of hydrogen-bond acceptors (Lipinski definition) is 2. The van der Waals surface area contributed by atoms with Gasteiger partial charge in [0.1, 0.15) is 5.75 Å². The van der Waals surface area contributed by atoms with Crippen molar-refractivity contribution in [3.8, 4) is 5.75 Å². The molecule has 0 atom stereocenters. The second-order valence-corrected chi connectivity index (χ2v) is 5.77. The summed E-state index contributed by atoms with van der Waals surface area (Å²) < 4.78 is 5.12. The zero-order valence-corrected chi connectivity index (χ0v) is 14.0. The van der Waals surface area contributed by atoms with Crippen LogP contribution in [0.4, 0.5) is 0 Å². The van der Waals surface area contributed by atoms with E-state index < -0.39 is 0 Å². The van der Waals surface area contributed by atoms with Crippen LogP contribution in [0, 0.1) is 0 Å². The zero-order valence-electron chi connectivity index (χ0n) is 12.5. The molecule has 0 fully saturated rings. The molecule has 0 spiro atoms. The Hall–Kier alpha value is -1.71. The van der Waals surface area contributed by atoms with Crippen molar-refractivity contribution in [1.82, 2.24) is 4.90 Å². The summed E-state index contributed by atoms with van der Waals surface area (Å²) in [6.45, 7) is 0.616. The molecule has 22 heavy (non-hydrogen) atoms. The van der Waals surface area contributed by atoms with Gasteiger partial charge in [-0.15, -0.1) is 0 Å². The number of hydrogen-bond donors (Lipinski definition) is 0. The van der Waals surface area contributed by atoms with Crippen molar-refractivity contribution in [2.45, 2.75) is 6.42 Å². The summed E-state index contributed by atoms with van der Waals surface area (Å²) in [6.07, 6.45) is 0.771. The van der Waals surface area contributed by atoms with Crippen LogP contribution in [0.5, 0.6) is 5.75 Å². The summed E-state index contributed by atoms with van der Waals surface area (Å²) in [4.78, 5) is 14.0. The molecule has 0 aliphatic carbocycles. The van der Waals surface area contributed by atoms with E-state index in [1.54, 1.807) is 37.3 Å². The molecular weight excluding hydrogens is 321 g/mol. The highest BCUT2D eigenvalue weighted by atomic mass is 35.5. The molecule has 1 amide bonds. The Morgan fingerprint density at radius 3 is 2.36 bits per heavy atom. The van der Waals surface area contributed by atoms with E-state index in [0.29, 0.717) is 22.2 Å². The molecule has 2 aromatic carbocycles. The Morgan fingerprint density at radius 2 is 1.77 bits per heavy atom. The first-order valence-corrected chi connectivity index (χ1v) is 7.60. The lowest BCUT2D eigenvalue weighted by Gasteiger charge is -2.17. The maximum absolute atomic E-state index is 12.3. The maximum atomic E-state index is 12.3. The second-order valence-electron chi connectivity index (χ2n) is 4.95. The maximum Gasteiger partial charge on any atom is 0.253 e. The van der Waals surface area contributed by atoms with Gasteiger partial charge in [-0.2, -0.15) is 0 Å². The average molecular weight is 338 g/mol. The fraction of sp³-hybridized carbons (Fsp3) is 0.235. The monoisotopic (exact) mass is 337 g/mol. The van der Waals surface area contributed by atoms with Crippen molar-refractivity contribution in [1.29, 1.82) is 0 Å². The van der Waals surface area contributed by atoms with Crippen molar-refractivity contribution in [3.63, 3.8) is 0 Å². The highest BCUT2D eigenvalue weighted by molar-refractivity contribution is 6.42. The minimum Gasteiger partial charge on any atom is -0.497 e. The second kappa shape index (κ2) is 7.52. The number of likely N-dealkylation sites (N-methyl/N-ethyl adjacent to an activating group) is 1. The van der Waals surface area contributed by atoms with Gasteiger partial charge >= 0.3 is 0 Å². The van der Waals surface area contributed by atoms with Gasteiger partial charge in [0, 0.05) is 19.2 Å². The van der Waals surface area contributed by atoms with E-state index in [0.717, 1.165) is 17.7 Å². The van der Waals surface area contributed by atoms with Crippen molar-refractivity contribution < 1.29 is 9.53 Å². The average Bonchev–Trinajstić information content (AvgIpc) is 2.55. The van der Waals surface area contributed by atoms with E-state index in [2.05, 4.69) is 0 Å². The van der Waals surface area contributed by atoms with Gasteiger partial charge in [0.05, 0.1) is 17.2 Å². The zero-order chi connectivity index (χ0) is 16.1. The number of amides is 1. The van der Waals surface area contributed by atoms with Crippen molar-refractivity contribution >= 4 is 29.1 Å². The molecule has 0 aromatic heterocycles. The predicted molar refractivity (Wildman–Crippen MR) is 90.1 cm³/mol. The lowest BCUT2D eigenvalue weighted by molar-refractivity contribution is 0.0796. The van der Waals surface area contributed by atoms with Gasteiger partial charge < -0.3 is 9.64 Å². The van der Waals surface area contributed by atoms with Crippen LogP contribution in [-0.2, 0) is 6.42 Å². The Kier molecular flexibility index (Phi) is 5.69. The Bertz CT molecular complexity index is 656. The fourth-order valence-corrected chi connectivity index (χ4v) is 2.34. The fourth-order valence-electron chi connectivity index (χ4n) is 2.04. The van der Waals surface area contributed by atoms with Gasteiger partial charge in [0.15, 0.2) is 0 Å². The van der Waals surface area contributed by atoms with Gasteiger partial charge in [-0.05, 0) is 42.3 Å². The molecule has 5 heteroatoms. The predicted octanol–water partition coefficient (Wildman–Crippen LogP) is 4.32. The van der Waals surface area contributed by atoms with Crippen LogP contribution < -0.4 is 4.74 Å². The summed E-state index contributed by atoms with van der Waals surface area (Å²) in [5.74, 6) is 0.746. The Labute approximate surface area is 140 Å². The molecule has 0 aliphatic heterocycles. The van der Waals surface area contributed by atoms with Gasteiger partial charge in [0.25, 0.3) is 5.91 Å². The molecule has 2 rings (SSSR count). The van der Waals surface area contributed by atoms with Crippen molar-refractivity contribution in [2.24, 2.45) is 0 Å². The normalized spacial score (nSPS) is 10.4. The minimum atomic E-state index is -0.0768. The smallest absolute Gasteiger partial charge is 0.253 e. The molecule has 0 radical (unpaired) electrons. The molecule has 2 aromatic rings. The quantitative estimate of drug-likeness (QED) is 0.813. The Balaban J connectivity index is 1.97. The van der Waals surface area contributed by atoms with Crippen LogP contribution >= 0.6 is 23.2 Å². The number of carbonyl (C=O) groups is 1. The van der Waals surface area contributed by atoms with Gasteiger partial charge in [-0.1, -0.05) is 35.3 Å². The molecule has 0 aliphatic rings. The topological polar surface area (TPSA) is 29.5 Å². The molecule has 0 unspecified atom stereocenters. The molecule has 0 saturated heterocycles. The third-order valence-corrected chi connectivity index (χ3v) is 4.15. The number of methoxy groups -OCH3 is 1. The number of rotatable bonds is 5. The molecule has 0 N–H and O–H groups in total. The first kappa shape index (κ1) is 16.7. The van der Waals surface area contributed by atoms with E-state index in [9.17, 15) is 4.79 Å². The number of nitrogens with zero attached hydrogens (tertiary/aromatic N) is 1. The summed E-state index contributed by atoms with van der Waals surface area (Å²) in [7, 11) is 3.41. The first-order chi connectivity index (χ1) is 10.5. The van der Waals surface area contributed by atoms with E-state index in [4.69, 9.17) is 27.9 Å². The summed E-state index contributed by atoms with van der Waals surface area (Å²) >= 11 is 11.8. The van der Waals surface area contributed by atoms with E-state index in [1.807, 2.05) is 24.3 Å². The van der Waals surface area contributed by atoms with Crippen molar-refractivity contribution in [2.75, 3.05) is 20.7 Å². The highest BCUT2D eigenvalue weighted by Gasteiger charge is 2.13. The summed E-state index contributed by atoms with van der Waals surface area (Å²) in [5, 5.41) is 0.829. The Morgan fingerprint density at radius 1 is 1.09 bits per heavy atom. The third kappa shape index (κ3) is 4.15. The van der Waals surface area contributed by atoms with Crippen LogP contribution in [0.25, 0.3) is 0 Å². The molecule has 3 nitrogen and oxygen atoms in total. The van der Waals surface area contributed by atoms with Gasteiger partial charge in [-0.3, -0.25) is 4.79 Å². The molecule has 0 heterocycles. The molecule has 0 bridgehead atoms. The van der Waals surface area contributed by atoms with Crippen LogP contribution in [0.1, 0.15) is 15.9 Å². The van der Waals surface area contributed by atoms with Crippen LogP contribution in [0.15, 0.2) is 42.5 Å². The van der Waals surface area contributed by atoms with Crippen LogP contribution in [-0.4, -0.2) is 31.5 Å². The largest absolute Gasteiger partial charge is 0.497 e. The van der Waals surface area contributed by atoms with E-state index in [1.165, 1.54) is 0 Å². The standard InChI is InChI=1S/C17H17Cl2NO2/c1-20(10-9-12-3-6-14(22-2)7-4-12)17(21)13-5-8-15(18)16(19)11-13/h3-8,11H,9-10H2,1-2H3. The SMILES string of the molecule is COc1ccc(CCN(C)C(=O)c2ccc(Cl)c(Cl)c2)cc1. The number of halogens is 2. The van der Waals surface area contributed by atoms with Crippen molar-refractivity contribution in [3.05, 3.63) is 63.6 Å². The van der Waals surface area contributed by atoms with Crippen LogP contribution in [0.2, 0.25) is 10.0 Å². The van der Waals surface area contributed by atoms with Gasteiger partial charge in [0.2, 0.25) is 0 Å². The molecular formula is C17H17Cl2NO2. The summed E-state index contributed by atoms with van der Waals surface area (Å²) in [6, 6.07) is 12.7. The number of ether oxygens (including phenoxy) is 1.